The van der Waals surface area contributed by atoms with Gasteiger partial charge in [0, 0.05) is 12.2 Å². The number of nitrogens with one attached hydrogen (secondary N) is 2. The lowest BCUT2D eigenvalue weighted by molar-refractivity contribution is -0.113. The average molecular weight is 471 g/mol. The zero-order chi connectivity index (χ0) is 23.1. The van der Waals surface area contributed by atoms with Gasteiger partial charge < -0.3 is 14.6 Å². The van der Waals surface area contributed by atoms with E-state index in [1.807, 2.05) is 48.7 Å². The van der Waals surface area contributed by atoms with Crippen molar-refractivity contribution in [1.82, 2.24) is 14.8 Å². The lowest BCUT2D eigenvalue weighted by Crippen LogP contribution is -2.18. The maximum Gasteiger partial charge on any atom is 0.413 e. The minimum absolute atomic E-state index is 0.0769. The van der Waals surface area contributed by atoms with Crippen LogP contribution in [-0.2, 0) is 16.1 Å². The van der Waals surface area contributed by atoms with E-state index in [4.69, 9.17) is 4.74 Å². The topological polar surface area (TPSA) is 122 Å². The predicted octanol–water partition coefficient (Wildman–Crippen LogP) is 4.18. The monoisotopic (exact) mass is 470 g/mol. The van der Waals surface area contributed by atoms with Crippen LogP contribution in [0.15, 0.2) is 34.7 Å². The van der Waals surface area contributed by atoms with Gasteiger partial charge in [-0.1, -0.05) is 53.4 Å². The van der Waals surface area contributed by atoms with Crippen LogP contribution in [0.2, 0.25) is 0 Å². The molecule has 0 atom stereocenters. The van der Waals surface area contributed by atoms with E-state index >= 15 is 0 Å². The van der Waals surface area contributed by atoms with E-state index in [9.17, 15) is 14.9 Å². The van der Waals surface area contributed by atoms with E-state index in [1.54, 1.807) is 6.92 Å². The van der Waals surface area contributed by atoms with Gasteiger partial charge in [0.1, 0.15) is 11.9 Å². The molecule has 0 saturated heterocycles. The van der Waals surface area contributed by atoms with Crippen molar-refractivity contribution in [2.75, 3.05) is 23.0 Å². The summed E-state index contributed by atoms with van der Waals surface area (Å²) in [6, 6.07) is 12.1. The Morgan fingerprint density at radius 3 is 2.66 bits per heavy atom. The van der Waals surface area contributed by atoms with Gasteiger partial charge in [0.05, 0.1) is 17.9 Å². The number of anilines is 2. The highest BCUT2D eigenvalue weighted by Crippen LogP contribution is 2.29. The van der Waals surface area contributed by atoms with Crippen LogP contribution in [0.5, 0.6) is 0 Å². The number of nitriles is 1. The zero-order valence-corrected chi connectivity index (χ0v) is 19.5. The van der Waals surface area contributed by atoms with E-state index in [1.165, 1.54) is 11.8 Å². The van der Waals surface area contributed by atoms with Crippen LogP contribution in [0.3, 0.4) is 0 Å². The maximum atomic E-state index is 12.7. The quantitative estimate of drug-likeness (QED) is 0.374. The summed E-state index contributed by atoms with van der Waals surface area (Å²) in [5, 5.41) is 23.1. The maximum absolute atomic E-state index is 12.7. The molecule has 11 heteroatoms. The van der Waals surface area contributed by atoms with E-state index < -0.39 is 6.09 Å². The minimum atomic E-state index is -0.605. The lowest BCUT2D eigenvalue weighted by Gasteiger charge is -2.13. The molecule has 3 rings (SSSR count). The van der Waals surface area contributed by atoms with Crippen LogP contribution in [0, 0.1) is 25.2 Å². The molecular formula is C21H22N6O3S2. The number of aromatic nitrogens is 3. The van der Waals surface area contributed by atoms with Crippen molar-refractivity contribution in [3.05, 3.63) is 52.7 Å². The number of hydrogen-bond acceptors (Lipinski definition) is 8. The Hall–Kier alpha value is -3.36. The fourth-order valence-corrected chi connectivity index (χ4v) is 4.50. The molecule has 1 aromatic carbocycles. The summed E-state index contributed by atoms with van der Waals surface area (Å²) in [4.78, 5) is 24.1. The molecule has 2 aromatic heterocycles. The van der Waals surface area contributed by atoms with Crippen LogP contribution in [0.1, 0.15) is 29.3 Å². The number of ether oxygens (including phenoxy) is 1. The molecule has 2 N–H and O–H groups in total. The Morgan fingerprint density at radius 1 is 1.22 bits per heavy atom. The first-order valence-corrected chi connectivity index (χ1v) is 11.6. The third kappa shape index (κ3) is 5.66. The molecule has 0 saturated carbocycles. The number of thioether (sulfide) groups is 1. The molecule has 2 amide bonds. The van der Waals surface area contributed by atoms with Crippen LogP contribution >= 0.6 is 23.1 Å². The number of hydrogen-bond donors (Lipinski definition) is 2. The van der Waals surface area contributed by atoms with E-state index in [0.29, 0.717) is 27.4 Å². The Morgan fingerprint density at radius 2 is 1.97 bits per heavy atom. The molecule has 0 bridgehead atoms. The number of carbonyl (C=O) groups is 2. The Labute approximate surface area is 193 Å². The summed E-state index contributed by atoms with van der Waals surface area (Å²) in [5.41, 5.74) is 3.28. The summed E-state index contributed by atoms with van der Waals surface area (Å²) in [5.74, 6) is 0.292. The third-order valence-electron chi connectivity index (χ3n) is 4.60. The largest absolute Gasteiger partial charge is 0.450 e. The number of benzene rings is 1. The van der Waals surface area contributed by atoms with E-state index in [2.05, 4.69) is 26.9 Å². The molecule has 0 spiro atoms. The van der Waals surface area contributed by atoms with Crippen molar-refractivity contribution in [2.24, 2.45) is 0 Å². The van der Waals surface area contributed by atoms with Crippen molar-refractivity contribution in [3.63, 3.8) is 0 Å². The van der Waals surface area contributed by atoms with Gasteiger partial charge in [0.15, 0.2) is 4.34 Å². The molecule has 32 heavy (non-hydrogen) atoms. The fourth-order valence-electron chi connectivity index (χ4n) is 2.96. The normalized spacial score (nSPS) is 10.4. The van der Waals surface area contributed by atoms with Gasteiger partial charge in [0.25, 0.3) is 0 Å². The van der Waals surface area contributed by atoms with Gasteiger partial charge in [0.2, 0.25) is 11.0 Å². The Bertz CT molecular complexity index is 1150. The van der Waals surface area contributed by atoms with Crippen molar-refractivity contribution in [2.45, 2.75) is 31.7 Å². The van der Waals surface area contributed by atoms with Crippen LogP contribution in [0.25, 0.3) is 0 Å². The fraction of sp³-hybridized carbons (Fsp3) is 0.286. The highest BCUT2D eigenvalue weighted by molar-refractivity contribution is 8.01. The molecule has 0 aliphatic rings. The first kappa shape index (κ1) is 23.3. The van der Waals surface area contributed by atoms with Crippen LogP contribution < -0.4 is 10.6 Å². The highest BCUT2D eigenvalue weighted by atomic mass is 32.2. The standard InChI is InChI=1S/C21H22N6O3S2/c1-4-30-20(29)24-19-25-26-21(32-19)31-12-17(28)23-18-16(10-22)13(2)14(3)27(18)11-15-8-6-5-7-9-15/h5-9H,4,11-12H2,1-3H3,(H,23,28)(H,24,25,29). The molecule has 0 radical (unpaired) electrons. The predicted molar refractivity (Wildman–Crippen MR) is 124 cm³/mol. The second kappa shape index (κ2) is 10.8. The van der Waals surface area contributed by atoms with Gasteiger partial charge >= 0.3 is 6.09 Å². The molecule has 166 valence electrons. The number of carbonyl (C=O) groups excluding carboxylic acids is 2. The molecule has 0 fully saturated rings. The minimum Gasteiger partial charge on any atom is -0.450 e. The SMILES string of the molecule is CCOC(=O)Nc1nnc(SCC(=O)Nc2c(C#N)c(C)c(C)n2Cc2ccccc2)s1. The summed E-state index contributed by atoms with van der Waals surface area (Å²) in [7, 11) is 0. The summed E-state index contributed by atoms with van der Waals surface area (Å²) < 4.78 is 7.27. The molecule has 0 aliphatic carbocycles. The third-order valence-corrected chi connectivity index (χ3v) is 6.57. The van der Waals surface area contributed by atoms with Gasteiger partial charge in [-0.05, 0) is 31.9 Å². The van der Waals surface area contributed by atoms with Crippen molar-refractivity contribution >= 4 is 46.0 Å². The summed E-state index contributed by atoms with van der Waals surface area (Å²) >= 11 is 2.34. The molecule has 3 aromatic rings. The van der Waals surface area contributed by atoms with Crippen molar-refractivity contribution in [3.8, 4) is 6.07 Å². The summed E-state index contributed by atoms with van der Waals surface area (Å²) in [6.45, 7) is 6.30. The smallest absolute Gasteiger partial charge is 0.413 e. The molecule has 0 aliphatic heterocycles. The number of rotatable bonds is 8. The molecule has 9 nitrogen and oxygen atoms in total. The van der Waals surface area contributed by atoms with Gasteiger partial charge in [-0.15, -0.1) is 10.2 Å². The lowest BCUT2D eigenvalue weighted by atomic mass is 10.2. The average Bonchev–Trinajstić information content (AvgIpc) is 3.31. The molecular weight excluding hydrogens is 448 g/mol. The van der Waals surface area contributed by atoms with Gasteiger partial charge in [-0.3, -0.25) is 10.1 Å². The first-order valence-electron chi connectivity index (χ1n) is 9.76. The van der Waals surface area contributed by atoms with Crippen molar-refractivity contribution in [1.29, 1.82) is 5.26 Å². The van der Waals surface area contributed by atoms with Gasteiger partial charge in [-0.25, -0.2) is 4.79 Å². The highest BCUT2D eigenvalue weighted by Gasteiger charge is 2.20. The second-order valence-corrected chi connectivity index (χ2v) is 8.87. The molecule has 2 heterocycles. The number of amides is 2. The summed E-state index contributed by atoms with van der Waals surface area (Å²) in [6.07, 6.45) is -0.605. The molecule has 0 unspecified atom stereocenters. The van der Waals surface area contributed by atoms with E-state index in [0.717, 1.165) is 28.2 Å². The number of nitrogens with zero attached hydrogens (tertiary/aromatic N) is 4. The van der Waals surface area contributed by atoms with E-state index in [-0.39, 0.29) is 18.3 Å². The second-order valence-electron chi connectivity index (χ2n) is 6.67. The Kier molecular flexibility index (Phi) is 7.86. The van der Waals surface area contributed by atoms with Crippen LogP contribution in [-0.4, -0.2) is 39.1 Å². The van der Waals surface area contributed by atoms with Crippen molar-refractivity contribution < 1.29 is 14.3 Å². The van der Waals surface area contributed by atoms with Gasteiger partial charge in [-0.2, -0.15) is 5.26 Å². The zero-order valence-electron chi connectivity index (χ0n) is 17.8. The first-order chi connectivity index (χ1) is 15.4. The van der Waals surface area contributed by atoms with Crippen LogP contribution in [0.4, 0.5) is 15.7 Å². The Balaban J connectivity index is 1.68.